The fourth-order valence-electron chi connectivity index (χ4n) is 0.907. The Balaban J connectivity index is 2.98. The second kappa shape index (κ2) is 4.78. The zero-order valence-corrected chi connectivity index (χ0v) is 8.56. The molecule has 0 fully saturated rings. The molecular formula is C10H11NOS. The summed E-state index contributed by atoms with van der Waals surface area (Å²) in [7, 11) is 1.60. The van der Waals surface area contributed by atoms with Gasteiger partial charge in [0.25, 0.3) is 0 Å². The van der Waals surface area contributed by atoms with E-state index in [1.54, 1.807) is 13.3 Å². The Hall–Kier alpha value is -1.14. The first-order valence-corrected chi connectivity index (χ1v) is 4.51. The minimum Gasteiger partial charge on any atom is -0.481 e. The maximum Gasteiger partial charge on any atom is 0.213 e. The number of ether oxygens (including phenoxy) is 1. The normalized spacial score (nSPS) is 8.85. The lowest BCUT2D eigenvalue weighted by atomic mass is 10.2. The number of aromatic nitrogens is 1. The molecule has 0 aliphatic heterocycles. The van der Waals surface area contributed by atoms with Crippen molar-refractivity contribution >= 4 is 12.6 Å². The first-order chi connectivity index (χ1) is 6.27. The van der Waals surface area contributed by atoms with Crippen molar-refractivity contribution in [3.63, 3.8) is 0 Å². The molecule has 0 spiro atoms. The number of nitrogens with zero attached hydrogens (tertiary/aromatic N) is 1. The molecule has 1 aromatic heterocycles. The molecular weight excluding hydrogens is 182 g/mol. The van der Waals surface area contributed by atoms with Crippen LogP contribution in [0.1, 0.15) is 11.1 Å². The average Bonchev–Trinajstić information content (AvgIpc) is 2.16. The van der Waals surface area contributed by atoms with Crippen molar-refractivity contribution in [1.82, 2.24) is 4.98 Å². The lowest BCUT2D eigenvalue weighted by Crippen LogP contribution is -1.90. The van der Waals surface area contributed by atoms with Crippen LogP contribution in [0.2, 0.25) is 0 Å². The Morgan fingerprint density at radius 1 is 1.62 bits per heavy atom. The van der Waals surface area contributed by atoms with E-state index in [0.29, 0.717) is 11.6 Å². The Labute approximate surface area is 83.7 Å². The Morgan fingerprint density at radius 2 is 2.38 bits per heavy atom. The quantitative estimate of drug-likeness (QED) is 0.541. The molecule has 1 aromatic rings. The minimum atomic E-state index is 0.561. The summed E-state index contributed by atoms with van der Waals surface area (Å²) in [6, 6.07) is 1.86. The largest absolute Gasteiger partial charge is 0.481 e. The first kappa shape index (κ1) is 9.94. The van der Waals surface area contributed by atoms with Crippen molar-refractivity contribution in [2.45, 2.75) is 6.92 Å². The minimum absolute atomic E-state index is 0.561. The van der Waals surface area contributed by atoms with Crippen LogP contribution in [-0.2, 0) is 0 Å². The van der Waals surface area contributed by atoms with Gasteiger partial charge in [-0.15, -0.1) is 0 Å². The summed E-state index contributed by atoms with van der Waals surface area (Å²) in [5.41, 5.74) is 2.00. The monoisotopic (exact) mass is 193 g/mol. The summed E-state index contributed by atoms with van der Waals surface area (Å²) in [5, 5.41) is 0. The number of thiol groups is 1. The van der Waals surface area contributed by atoms with E-state index in [1.165, 1.54) is 0 Å². The van der Waals surface area contributed by atoms with Crippen LogP contribution in [0.4, 0.5) is 0 Å². The second-order valence-corrected chi connectivity index (χ2v) is 2.82. The molecule has 0 unspecified atom stereocenters. The molecule has 68 valence electrons. The van der Waals surface area contributed by atoms with Gasteiger partial charge in [-0.05, 0) is 12.5 Å². The Bertz CT molecular complexity index is 352. The average molecular weight is 193 g/mol. The Morgan fingerprint density at radius 3 is 2.92 bits per heavy atom. The van der Waals surface area contributed by atoms with Gasteiger partial charge in [-0.2, -0.15) is 12.6 Å². The van der Waals surface area contributed by atoms with Gasteiger partial charge in [-0.25, -0.2) is 4.98 Å². The number of hydrogen-bond donors (Lipinski definition) is 1. The summed E-state index contributed by atoms with van der Waals surface area (Å²) in [6.45, 7) is 1.98. The zero-order valence-electron chi connectivity index (χ0n) is 7.66. The molecule has 0 amide bonds. The third-order valence-electron chi connectivity index (χ3n) is 1.60. The van der Waals surface area contributed by atoms with E-state index >= 15 is 0 Å². The third-order valence-corrected chi connectivity index (χ3v) is 1.76. The fraction of sp³-hybridized carbons (Fsp3) is 0.300. The van der Waals surface area contributed by atoms with E-state index in [0.717, 1.165) is 11.1 Å². The van der Waals surface area contributed by atoms with Crippen LogP contribution < -0.4 is 4.74 Å². The number of rotatable bonds is 1. The van der Waals surface area contributed by atoms with E-state index in [9.17, 15) is 0 Å². The van der Waals surface area contributed by atoms with E-state index in [-0.39, 0.29) is 0 Å². The van der Waals surface area contributed by atoms with E-state index < -0.39 is 0 Å². The smallest absolute Gasteiger partial charge is 0.213 e. The molecule has 0 atom stereocenters. The predicted octanol–water partition coefficient (Wildman–Crippen LogP) is 1.68. The third kappa shape index (κ3) is 2.67. The van der Waals surface area contributed by atoms with Crippen molar-refractivity contribution in [2.24, 2.45) is 0 Å². The van der Waals surface area contributed by atoms with Gasteiger partial charge in [0.2, 0.25) is 5.88 Å². The Kier molecular flexibility index (Phi) is 3.66. The standard InChI is InChI=1S/C10H11NOS/c1-8-6-10(12-2)11-7-9(8)4-3-5-13/h6-7,13H,5H2,1-2H3. The fourth-order valence-corrected chi connectivity index (χ4v) is 0.987. The van der Waals surface area contributed by atoms with Crippen LogP contribution in [-0.4, -0.2) is 17.8 Å². The second-order valence-electron chi connectivity index (χ2n) is 2.50. The number of hydrogen-bond acceptors (Lipinski definition) is 3. The van der Waals surface area contributed by atoms with Crippen LogP contribution in [0.25, 0.3) is 0 Å². The van der Waals surface area contributed by atoms with Crippen LogP contribution in [0.3, 0.4) is 0 Å². The highest BCUT2D eigenvalue weighted by molar-refractivity contribution is 7.80. The van der Waals surface area contributed by atoms with E-state index in [4.69, 9.17) is 4.74 Å². The summed E-state index contributed by atoms with van der Waals surface area (Å²) >= 11 is 4.01. The van der Waals surface area contributed by atoms with Gasteiger partial charge in [-0.1, -0.05) is 11.8 Å². The van der Waals surface area contributed by atoms with Crippen LogP contribution in [0, 0.1) is 18.8 Å². The van der Waals surface area contributed by atoms with E-state index in [1.807, 2.05) is 13.0 Å². The van der Waals surface area contributed by atoms with Crippen molar-refractivity contribution < 1.29 is 4.74 Å². The van der Waals surface area contributed by atoms with E-state index in [2.05, 4.69) is 29.5 Å². The number of methoxy groups -OCH3 is 1. The lowest BCUT2D eigenvalue weighted by Gasteiger charge is -2.00. The van der Waals surface area contributed by atoms with Crippen molar-refractivity contribution in [1.29, 1.82) is 0 Å². The molecule has 1 heterocycles. The maximum absolute atomic E-state index is 4.98. The van der Waals surface area contributed by atoms with Crippen molar-refractivity contribution in [3.05, 3.63) is 23.4 Å². The molecule has 0 bridgehead atoms. The number of aryl methyl sites for hydroxylation is 1. The molecule has 2 nitrogen and oxygen atoms in total. The molecule has 0 N–H and O–H groups in total. The molecule has 0 radical (unpaired) electrons. The summed E-state index contributed by atoms with van der Waals surface area (Å²) in [5.74, 6) is 7.03. The zero-order chi connectivity index (χ0) is 9.68. The van der Waals surface area contributed by atoms with Gasteiger partial charge in [0.15, 0.2) is 0 Å². The van der Waals surface area contributed by atoms with Crippen molar-refractivity contribution in [3.8, 4) is 17.7 Å². The molecule has 0 aromatic carbocycles. The SMILES string of the molecule is COc1cc(C)c(C#CCS)cn1. The molecule has 1 rings (SSSR count). The predicted molar refractivity (Wildman–Crippen MR) is 56.3 cm³/mol. The molecule has 13 heavy (non-hydrogen) atoms. The van der Waals surface area contributed by atoms with Crippen LogP contribution in [0.5, 0.6) is 5.88 Å². The van der Waals surface area contributed by atoms with Gasteiger partial charge in [0, 0.05) is 17.8 Å². The van der Waals surface area contributed by atoms with Gasteiger partial charge in [-0.3, -0.25) is 0 Å². The number of pyridine rings is 1. The lowest BCUT2D eigenvalue weighted by molar-refractivity contribution is 0.397. The summed E-state index contributed by atoms with van der Waals surface area (Å²) in [6.07, 6.45) is 1.71. The molecule has 3 heteroatoms. The van der Waals surface area contributed by atoms with Crippen LogP contribution in [0.15, 0.2) is 12.3 Å². The molecule has 0 aliphatic carbocycles. The van der Waals surface area contributed by atoms with Gasteiger partial charge >= 0.3 is 0 Å². The van der Waals surface area contributed by atoms with Gasteiger partial charge < -0.3 is 4.74 Å². The van der Waals surface area contributed by atoms with Crippen LogP contribution >= 0.6 is 12.6 Å². The molecule has 0 aliphatic rings. The maximum atomic E-state index is 4.98. The summed E-state index contributed by atoms with van der Waals surface area (Å²) in [4.78, 5) is 4.06. The highest BCUT2D eigenvalue weighted by Crippen LogP contribution is 2.11. The molecule has 0 saturated heterocycles. The summed E-state index contributed by atoms with van der Waals surface area (Å²) < 4.78 is 4.98. The molecule has 0 saturated carbocycles. The highest BCUT2D eigenvalue weighted by Gasteiger charge is 1.97. The van der Waals surface area contributed by atoms with Gasteiger partial charge in [0.05, 0.1) is 12.9 Å². The highest BCUT2D eigenvalue weighted by atomic mass is 32.1. The van der Waals surface area contributed by atoms with Crippen molar-refractivity contribution in [2.75, 3.05) is 12.9 Å². The topological polar surface area (TPSA) is 22.1 Å². The van der Waals surface area contributed by atoms with Gasteiger partial charge in [0.1, 0.15) is 0 Å². The first-order valence-electron chi connectivity index (χ1n) is 3.88.